The number of carbonyl (C=O) groups excluding carboxylic acids is 1. The number of sulfone groups is 1. The van der Waals surface area contributed by atoms with Gasteiger partial charge in [0.1, 0.15) is 5.75 Å². The van der Waals surface area contributed by atoms with Crippen LogP contribution in [0.2, 0.25) is 0 Å². The molecule has 0 saturated carbocycles. The molecule has 0 aliphatic rings. The number of esters is 1. The predicted octanol–water partition coefficient (Wildman–Crippen LogP) is 3.13. The molecule has 2 aromatic heterocycles. The number of anilines is 3. The molecule has 3 N–H and O–H groups in total. The van der Waals surface area contributed by atoms with Crippen LogP contribution in [0.15, 0.2) is 76.2 Å². The van der Waals surface area contributed by atoms with Gasteiger partial charge in [-0.1, -0.05) is 30.3 Å². The lowest BCUT2D eigenvalue weighted by Crippen LogP contribution is -2.13. The molecule has 0 unspecified atom stereocenters. The molecule has 0 saturated heterocycles. The fourth-order valence-electron chi connectivity index (χ4n) is 3.17. The molecule has 0 radical (unpaired) electrons. The van der Waals surface area contributed by atoms with Crippen LogP contribution in [-0.4, -0.2) is 36.4 Å². The molecule has 0 fully saturated rings. The second kappa shape index (κ2) is 10.2. The number of benzene rings is 2. The van der Waals surface area contributed by atoms with Crippen molar-refractivity contribution in [3.63, 3.8) is 0 Å². The zero-order valence-electron chi connectivity index (χ0n) is 18.5. The summed E-state index contributed by atoms with van der Waals surface area (Å²) < 4.78 is 41.1. The van der Waals surface area contributed by atoms with Crippen molar-refractivity contribution in [1.82, 2.24) is 15.0 Å². The van der Waals surface area contributed by atoms with Gasteiger partial charge in [0.2, 0.25) is 17.7 Å². The number of methoxy groups -OCH3 is 1. The zero-order valence-corrected chi connectivity index (χ0v) is 19.4. The summed E-state index contributed by atoms with van der Waals surface area (Å²) in [6.07, 6.45) is 1.22. The van der Waals surface area contributed by atoms with Gasteiger partial charge in [0.05, 0.1) is 29.7 Å². The zero-order chi connectivity index (χ0) is 24.8. The van der Waals surface area contributed by atoms with Gasteiger partial charge in [-0.3, -0.25) is 0 Å². The van der Waals surface area contributed by atoms with Crippen LogP contribution < -0.4 is 15.8 Å². The van der Waals surface area contributed by atoms with Gasteiger partial charge in [0, 0.05) is 5.56 Å². The summed E-state index contributed by atoms with van der Waals surface area (Å²) in [5.41, 5.74) is 6.55. The van der Waals surface area contributed by atoms with Crippen molar-refractivity contribution in [3.05, 3.63) is 84.1 Å². The number of hydrogen-bond donors (Lipinski definition) is 2. The quantitative estimate of drug-likeness (QED) is 0.328. The average molecular weight is 496 g/mol. The van der Waals surface area contributed by atoms with E-state index in [1.165, 1.54) is 31.6 Å². The van der Waals surface area contributed by atoms with Crippen LogP contribution in [0.1, 0.15) is 21.9 Å². The Kier molecular flexibility index (Phi) is 6.92. The van der Waals surface area contributed by atoms with Crippen molar-refractivity contribution in [1.29, 1.82) is 0 Å². The summed E-state index contributed by atoms with van der Waals surface area (Å²) in [5.74, 6) is -0.838. The standard InChI is InChI=1S/C23H21N5O6S/c1-32-18-10-6-5-9-17(18)25-23-27-19(26-22(24)28-23)13-34-21(29)20-15(11-12-33-20)14-35(30,31)16-7-3-2-4-8-16/h2-12H,13-14H2,1H3,(H3,24,25,26,27,28). The second-order valence-electron chi connectivity index (χ2n) is 7.18. The second-order valence-corrected chi connectivity index (χ2v) is 9.17. The third kappa shape index (κ3) is 5.73. The Morgan fingerprint density at radius 1 is 1.03 bits per heavy atom. The van der Waals surface area contributed by atoms with E-state index < -0.39 is 21.6 Å². The van der Waals surface area contributed by atoms with Crippen LogP contribution in [-0.2, 0) is 26.9 Å². The Labute approximate surface area is 200 Å². The van der Waals surface area contributed by atoms with Crippen LogP contribution in [0, 0.1) is 0 Å². The van der Waals surface area contributed by atoms with E-state index in [9.17, 15) is 13.2 Å². The Hall–Kier alpha value is -4.45. The van der Waals surface area contributed by atoms with E-state index in [-0.39, 0.29) is 40.5 Å². The first-order valence-corrected chi connectivity index (χ1v) is 11.9. The number of nitrogens with zero attached hydrogens (tertiary/aromatic N) is 3. The number of ether oxygens (including phenoxy) is 2. The first kappa shape index (κ1) is 23.7. The molecule has 0 bridgehead atoms. The van der Waals surface area contributed by atoms with Crippen molar-refractivity contribution in [2.75, 3.05) is 18.2 Å². The Balaban J connectivity index is 1.46. The minimum atomic E-state index is -3.69. The van der Waals surface area contributed by atoms with Gasteiger partial charge >= 0.3 is 5.97 Å². The molecule has 2 heterocycles. The van der Waals surface area contributed by atoms with Gasteiger partial charge in [-0.15, -0.1) is 0 Å². The minimum Gasteiger partial charge on any atom is -0.495 e. The highest BCUT2D eigenvalue weighted by Crippen LogP contribution is 2.26. The summed E-state index contributed by atoms with van der Waals surface area (Å²) in [6, 6.07) is 16.5. The van der Waals surface area contributed by atoms with Crippen LogP contribution >= 0.6 is 0 Å². The molecule has 0 atom stereocenters. The lowest BCUT2D eigenvalue weighted by atomic mass is 10.3. The SMILES string of the molecule is COc1ccccc1Nc1nc(N)nc(COC(=O)c2occc2CS(=O)(=O)c2ccccc2)n1. The predicted molar refractivity (Wildman–Crippen MR) is 126 cm³/mol. The van der Waals surface area contributed by atoms with E-state index in [1.54, 1.807) is 36.4 Å². The molecule has 0 aliphatic heterocycles. The van der Waals surface area contributed by atoms with Crippen LogP contribution in [0.25, 0.3) is 0 Å². The molecule has 12 heteroatoms. The highest BCUT2D eigenvalue weighted by molar-refractivity contribution is 7.90. The Bertz CT molecular complexity index is 1440. The number of rotatable bonds is 9. The van der Waals surface area contributed by atoms with Gasteiger partial charge in [0.15, 0.2) is 22.3 Å². The maximum atomic E-state index is 12.7. The first-order chi connectivity index (χ1) is 16.9. The first-order valence-electron chi connectivity index (χ1n) is 10.3. The molecule has 4 aromatic rings. The molecule has 35 heavy (non-hydrogen) atoms. The van der Waals surface area contributed by atoms with E-state index in [1.807, 2.05) is 6.07 Å². The molecule has 0 spiro atoms. The molecule has 180 valence electrons. The van der Waals surface area contributed by atoms with Crippen molar-refractivity contribution in [2.24, 2.45) is 0 Å². The number of nitrogens with one attached hydrogen (secondary N) is 1. The number of nitrogens with two attached hydrogens (primary N) is 1. The number of carbonyl (C=O) groups is 1. The molecule has 0 amide bonds. The topological polar surface area (TPSA) is 160 Å². The van der Waals surface area contributed by atoms with Gasteiger partial charge in [-0.25, -0.2) is 13.2 Å². The summed E-state index contributed by atoms with van der Waals surface area (Å²) in [6.45, 7) is -0.349. The molecule has 4 rings (SSSR count). The maximum absolute atomic E-state index is 12.7. The maximum Gasteiger partial charge on any atom is 0.374 e. The Morgan fingerprint density at radius 2 is 1.77 bits per heavy atom. The third-order valence-electron chi connectivity index (χ3n) is 4.76. The highest BCUT2D eigenvalue weighted by Gasteiger charge is 2.24. The van der Waals surface area contributed by atoms with E-state index in [0.717, 1.165) is 0 Å². The fourth-order valence-corrected chi connectivity index (χ4v) is 4.54. The molecule has 0 aliphatic carbocycles. The number of nitrogen functional groups attached to an aromatic ring is 1. The van der Waals surface area contributed by atoms with Gasteiger partial charge in [0.25, 0.3) is 0 Å². The smallest absolute Gasteiger partial charge is 0.374 e. The molecule has 2 aromatic carbocycles. The van der Waals surface area contributed by atoms with Crippen molar-refractivity contribution in [3.8, 4) is 5.75 Å². The number of furan rings is 1. The molecular weight excluding hydrogens is 474 g/mol. The van der Waals surface area contributed by atoms with Gasteiger partial charge < -0.3 is 24.9 Å². The van der Waals surface area contributed by atoms with E-state index in [0.29, 0.717) is 11.4 Å². The number of para-hydroxylation sites is 2. The third-order valence-corrected chi connectivity index (χ3v) is 6.45. The fraction of sp³-hybridized carbons (Fsp3) is 0.130. The number of aromatic nitrogens is 3. The highest BCUT2D eigenvalue weighted by atomic mass is 32.2. The van der Waals surface area contributed by atoms with E-state index in [2.05, 4.69) is 20.3 Å². The minimum absolute atomic E-state index is 0.0771. The van der Waals surface area contributed by atoms with Crippen LogP contribution in [0.3, 0.4) is 0 Å². The summed E-state index contributed by atoms with van der Waals surface area (Å²) in [5, 5.41) is 2.98. The van der Waals surface area contributed by atoms with Crippen LogP contribution in [0.4, 0.5) is 17.6 Å². The lowest BCUT2D eigenvalue weighted by molar-refractivity contribution is 0.0424. The normalized spacial score (nSPS) is 11.1. The largest absolute Gasteiger partial charge is 0.495 e. The van der Waals surface area contributed by atoms with Crippen LogP contribution in [0.5, 0.6) is 5.75 Å². The van der Waals surface area contributed by atoms with Crippen molar-refractivity contribution < 1.29 is 27.1 Å². The average Bonchev–Trinajstić information content (AvgIpc) is 3.30. The summed E-state index contributed by atoms with van der Waals surface area (Å²) in [7, 11) is -2.16. The van der Waals surface area contributed by atoms with E-state index in [4.69, 9.17) is 19.6 Å². The summed E-state index contributed by atoms with van der Waals surface area (Å²) in [4.78, 5) is 25.0. The molecule has 11 nitrogen and oxygen atoms in total. The van der Waals surface area contributed by atoms with Crippen molar-refractivity contribution in [2.45, 2.75) is 17.3 Å². The molecular formula is C23H21N5O6S. The Morgan fingerprint density at radius 3 is 2.54 bits per heavy atom. The van der Waals surface area contributed by atoms with Gasteiger partial charge in [-0.05, 0) is 30.3 Å². The van der Waals surface area contributed by atoms with Crippen molar-refractivity contribution >= 4 is 33.4 Å². The number of hydrogen-bond acceptors (Lipinski definition) is 11. The monoisotopic (exact) mass is 495 g/mol. The lowest BCUT2D eigenvalue weighted by Gasteiger charge is -2.11. The summed E-state index contributed by atoms with van der Waals surface area (Å²) >= 11 is 0. The van der Waals surface area contributed by atoms with Gasteiger partial charge in [-0.2, -0.15) is 15.0 Å². The van der Waals surface area contributed by atoms with E-state index >= 15 is 0 Å².